The molecule has 2 aromatic carbocycles. The van der Waals surface area contributed by atoms with Gasteiger partial charge in [0.25, 0.3) is 0 Å². The summed E-state index contributed by atoms with van der Waals surface area (Å²) in [6, 6.07) is 13.9. The van der Waals surface area contributed by atoms with Gasteiger partial charge in [0.05, 0.1) is 11.0 Å². The number of aromatic nitrogens is 2. The normalized spacial score (nSPS) is 15.8. The lowest BCUT2D eigenvalue weighted by molar-refractivity contribution is -0.130. The van der Waals surface area contributed by atoms with Crippen LogP contribution in [0.1, 0.15) is 29.3 Å². The highest BCUT2D eigenvalue weighted by atomic mass is 16.2. The minimum Gasteiger partial charge on any atom is -0.334 e. The minimum absolute atomic E-state index is 0.0326. The molecule has 1 aliphatic rings. The Kier molecular flexibility index (Phi) is 6.45. The molecule has 1 aromatic heterocycles. The summed E-state index contributed by atoms with van der Waals surface area (Å²) in [5.41, 5.74) is 4.92. The summed E-state index contributed by atoms with van der Waals surface area (Å²) in [6.45, 7) is 13.2. The molecule has 0 radical (unpaired) electrons. The SMILES string of the molecule is C=CCN(CC=C)C(=O)Cn1c(C2CC(=O)N(c3ccc(C)cc3C)C2)nc2ccccc21. The van der Waals surface area contributed by atoms with Crippen LogP contribution in [0.2, 0.25) is 0 Å². The lowest BCUT2D eigenvalue weighted by atomic mass is 10.1. The van der Waals surface area contributed by atoms with Crippen molar-refractivity contribution in [3.63, 3.8) is 0 Å². The fraction of sp³-hybridized carbons (Fsp3) is 0.296. The molecule has 0 saturated carbocycles. The highest BCUT2D eigenvalue weighted by Gasteiger charge is 2.35. The van der Waals surface area contributed by atoms with Crippen molar-refractivity contribution < 1.29 is 9.59 Å². The van der Waals surface area contributed by atoms with Crippen LogP contribution >= 0.6 is 0 Å². The third kappa shape index (κ3) is 4.46. The van der Waals surface area contributed by atoms with Gasteiger partial charge in [-0.15, -0.1) is 13.2 Å². The zero-order valence-corrected chi connectivity index (χ0v) is 19.3. The van der Waals surface area contributed by atoms with Gasteiger partial charge in [0.2, 0.25) is 11.8 Å². The summed E-state index contributed by atoms with van der Waals surface area (Å²) in [7, 11) is 0. The van der Waals surface area contributed by atoms with Crippen LogP contribution in [0.4, 0.5) is 5.69 Å². The van der Waals surface area contributed by atoms with Crippen molar-refractivity contribution in [2.45, 2.75) is 32.7 Å². The Balaban J connectivity index is 1.68. The molecule has 6 heteroatoms. The van der Waals surface area contributed by atoms with E-state index in [0.29, 0.717) is 26.1 Å². The molecule has 1 aliphatic heterocycles. The summed E-state index contributed by atoms with van der Waals surface area (Å²) in [5, 5.41) is 0. The molecule has 4 rings (SSSR count). The number of amides is 2. The average molecular weight is 443 g/mol. The van der Waals surface area contributed by atoms with Gasteiger partial charge in [-0.25, -0.2) is 4.98 Å². The van der Waals surface area contributed by atoms with E-state index in [1.165, 1.54) is 5.56 Å². The third-order valence-corrected chi connectivity index (χ3v) is 6.16. The number of hydrogen-bond donors (Lipinski definition) is 0. The number of benzene rings is 2. The fourth-order valence-electron chi connectivity index (χ4n) is 4.62. The summed E-state index contributed by atoms with van der Waals surface area (Å²) in [6.07, 6.45) is 3.80. The number of aryl methyl sites for hydroxylation is 2. The quantitative estimate of drug-likeness (QED) is 0.487. The molecule has 1 atom stereocenters. The maximum atomic E-state index is 13.1. The Bertz CT molecular complexity index is 1220. The van der Waals surface area contributed by atoms with Gasteiger partial charge in [0.1, 0.15) is 12.4 Å². The Hall–Kier alpha value is -3.67. The van der Waals surface area contributed by atoms with Crippen LogP contribution in [0.25, 0.3) is 11.0 Å². The van der Waals surface area contributed by atoms with Crippen LogP contribution in [0.5, 0.6) is 0 Å². The first kappa shape index (κ1) is 22.5. The van der Waals surface area contributed by atoms with Crippen molar-refractivity contribution >= 4 is 28.5 Å². The molecule has 2 heterocycles. The molecular weight excluding hydrogens is 412 g/mol. The van der Waals surface area contributed by atoms with E-state index in [0.717, 1.165) is 28.1 Å². The van der Waals surface area contributed by atoms with Crippen LogP contribution in [-0.2, 0) is 16.1 Å². The lowest BCUT2D eigenvalue weighted by Crippen LogP contribution is -2.34. The second-order valence-electron chi connectivity index (χ2n) is 8.62. The van der Waals surface area contributed by atoms with E-state index in [1.807, 2.05) is 59.7 Å². The van der Waals surface area contributed by atoms with Gasteiger partial charge in [0, 0.05) is 37.7 Å². The van der Waals surface area contributed by atoms with Crippen molar-refractivity contribution in [3.05, 3.63) is 84.7 Å². The Morgan fingerprint density at radius 1 is 1.15 bits per heavy atom. The second-order valence-corrected chi connectivity index (χ2v) is 8.62. The lowest BCUT2D eigenvalue weighted by Gasteiger charge is -2.22. The summed E-state index contributed by atoms with van der Waals surface area (Å²) < 4.78 is 1.97. The number of hydrogen-bond acceptors (Lipinski definition) is 3. The van der Waals surface area contributed by atoms with Gasteiger partial charge >= 0.3 is 0 Å². The summed E-state index contributed by atoms with van der Waals surface area (Å²) in [4.78, 5) is 34.6. The number of para-hydroxylation sites is 2. The van der Waals surface area contributed by atoms with Gasteiger partial charge in [0.15, 0.2) is 0 Å². The molecule has 2 amide bonds. The maximum absolute atomic E-state index is 13.1. The fourth-order valence-corrected chi connectivity index (χ4v) is 4.62. The number of fused-ring (bicyclic) bond motifs is 1. The first-order valence-electron chi connectivity index (χ1n) is 11.2. The molecule has 1 saturated heterocycles. The van der Waals surface area contributed by atoms with Crippen molar-refractivity contribution in [2.24, 2.45) is 0 Å². The van der Waals surface area contributed by atoms with E-state index < -0.39 is 0 Å². The van der Waals surface area contributed by atoms with Crippen molar-refractivity contribution in [1.29, 1.82) is 0 Å². The van der Waals surface area contributed by atoms with E-state index in [-0.39, 0.29) is 24.3 Å². The highest BCUT2D eigenvalue weighted by Crippen LogP contribution is 2.34. The van der Waals surface area contributed by atoms with E-state index in [9.17, 15) is 9.59 Å². The monoisotopic (exact) mass is 442 g/mol. The van der Waals surface area contributed by atoms with Crippen LogP contribution < -0.4 is 4.90 Å². The number of imidazole rings is 1. The van der Waals surface area contributed by atoms with Crippen LogP contribution in [0, 0.1) is 13.8 Å². The van der Waals surface area contributed by atoms with Crippen LogP contribution in [0.15, 0.2) is 67.8 Å². The zero-order chi connectivity index (χ0) is 23.5. The molecule has 0 spiro atoms. The number of anilines is 1. The van der Waals surface area contributed by atoms with Gasteiger partial charge in [-0.2, -0.15) is 0 Å². The molecule has 0 N–H and O–H groups in total. The minimum atomic E-state index is -0.0920. The zero-order valence-electron chi connectivity index (χ0n) is 19.3. The number of rotatable bonds is 8. The Morgan fingerprint density at radius 2 is 1.88 bits per heavy atom. The van der Waals surface area contributed by atoms with Crippen LogP contribution in [-0.4, -0.2) is 45.9 Å². The predicted molar refractivity (Wildman–Crippen MR) is 132 cm³/mol. The van der Waals surface area contributed by atoms with Gasteiger partial charge in [-0.3, -0.25) is 9.59 Å². The van der Waals surface area contributed by atoms with Gasteiger partial charge < -0.3 is 14.4 Å². The topological polar surface area (TPSA) is 58.4 Å². The van der Waals surface area contributed by atoms with E-state index in [1.54, 1.807) is 17.1 Å². The van der Waals surface area contributed by atoms with E-state index in [2.05, 4.69) is 19.2 Å². The molecule has 0 aliphatic carbocycles. The standard InChI is InChI=1S/C27H30N4O2/c1-5-13-29(14-6-2)26(33)18-31-24-10-8-7-9-22(24)28-27(31)21-16-25(32)30(17-21)23-12-11-19(3)15-20(23)4/h5-12,15,21H,1-2,13-14,16-18H2,3-4H3. The van der Waals surface area contributed by atoms with Crippen molar-refractivity contribution in [3.8, 4) is 0 Å². The average Bonchev–Trinajstić information content (AvgIpc) is 3.34. The molecule has 33 heavy (non-hydrogen) atoms. The molecule has 3 aromatic rings. The summed E-state index contributed by atoms with van der Waals surface area (Å²) >= 11 is 0. The Labute approximate surface area is 194 Å². The Morgan fingerprint density at radius 3 is 2.58 bits per heavy atom. The molecule has 6 nitrogen and oxygen atoms in total. The second kappa shape index (κ2) is 9.45. The van der Waals surface area contributed by atoms with Gasteiger partial charge in [-0.05, 0) is 37.6 Å². The molecule has 170 valence electrons. The first-order chi connectivity index (χ1) is 15.9. The van der Waals surface area contributed by atoms with Crippen molar-refractivity contribution in [2.75, 3.05) is 24.5 Å². The number of nitrogens with zero attached hydrogens (tertiary/aromatic N) is 4. The highest BCUT2D eigenvalue weighted by molar-refractivity contribution is 5.97. The maximum Gasteiger partial charge on any atom is 0.243 e. The van der Waals surface area contributed by atoms with Crippen LogP contribution in [0.3, 0.4) is 0 Å². The van der Waals surface area contributed by atoms with E-state index >= 15 is 0 Å². The number of carbonyl (C=O) groups is 2. The third-order valence-electron chi connectivity index (χ3n) is 6.16. The first-order valence-corrected chi connectivity index (χ1v) is 11.2. The summed E-state index contributed by atoms with van der Waals surface area (Å²) in [5.74, 6) is 0.736. The number of carbonyl (C=O) groups excluding carboxylic acids is 2. The van der Waals surface area contributed by atoms with Gasteiger partial charge in [-0.1, -0.05) is 42.0 Å². The molecule has 1 fully saturated rings. The molecule has 1 unspecified atom stereocenters. The molecular formula is C27H30N4O2. The largest absolute Gasteiger partial charge is 0.334 e. The smallest absolute Gasteiger partial charge is 0.243 e. The predicted octanol–water partition coefficient (Wildman–Crippen LogP) is 4.37. The van der Waals surface area contributed by atoms with Crippen molar-refractivity contribution in [1.82, 2.24) is 14.5 Å². The van der Waals surface area contributed by atoms with E-state index in [4.69, 9.17) is 4.98 Å². The molecule has 0 bridgehead atoms.